The van der Waals surface area contributed by atoms with Crippen LogP contribution in [0.15, 0.2) is 24.5 Å². The Hall–Kier alpha value is -2.74. The fourth-order valence-electron chi connectivity index (χ4n) is 3.59. The summed E-state index contributed by atoms with van der Waals surface area (Å²) in [4.78, 5) is 41.8. The largest absolute Gasteiger partial charge is 0.465 e. The summed E-state index contributed by atoms with van der Waals surface area (Å²) in [5.41, 5.74) is 1.80. The van der Waals surface area contributed by atoms with Crippen LogP contribution in [0.3, 0.4) is 0 Å². The van der Waals surface area contributed by atoms with E-state index < -0.39 is 24.5 Å². The Morgan fingerprint density at radius 1 is 1.27 bits per heavy atom. The van der Waals surface area contributed by atoms with Crippen molar-refractivity contribution in [1.82, 2.24) is 4.98 Å². The zero-order chi connectivity index (χ0) is 21.9. The second-order valence-corrected chi connectivity index (χ2v) is 9.48. The summed E-state index contributed by atoms with van der Waals surface area (Å²) in [6.45, 7) is 6.20. The Labute approximate surface area is 179 Å². The number of nitrogens with one attached hydrogen (secondary N) is 1. The van der Waals surface area contributed by atoms with E-state index in [1.807, 2.05) is 0 Å². The van der Waals surface area contributed by atoms with Gasteiger partial charge >= 0.3 is 11.9 Å². The van der Waals surface area contributed by atoms with Gasteiger partial charge in [0, 0.05) is 17.3 Å². The predicted molar refractivity (Wildman–Crippen MR) is 114 cm³/mol. The highest BCUT2D eigenvalue weighted by Gasteiger charge is 2.34. The first-order chi connectivity index (χ1) is 14.2. The number of ether oxygens (including phenoxy) is 2. The van der Waals surface area contributed by atoms with Gasteiger partial charge < -0.3 is 14.8 Å². The minimum absolute atomic E-state index is 0.164. The van der Waals surface area contributed by atoms with Crippen molar-refractivity contribution in [2.75, 3.05) is 19.0 Å². The van der Waals surface area contributed by atoms with E-state index in [0.29, 0.717) is 16.5 Å². The van der Waals surface area contributed by atoms with Gasteiger partial charge in [-0.05, 0) is 48.3 Å². The molecule has 0 saturated heterocycles. The van der Waals surface area contributed by atoms with Crippen molar-refractivity contribution in [2.24, 2.45) is 11.3 Å². The third-order valence-corrected chi connectivity index (χ3v) is 6.53. The maximum absolute atomic E-state index is 12.4. The first-order valence-electron chi connectivity index (χ1n) is 9.80. The minimum Gasteiger partial charge on any atom is -0.465 e. The van der Waals surface area contributed by atoms with E-state index in [-0.39, 0.29) is 11.0 Å². The van der Waals surface area contributed by atoms with Gasteiger partial charge in [-0.15, -0.1) is 11.3 Å². The number of hydrogen-bond acceptors (Lipinski definition) is 7. The third-order valence-electron chi connectivity index (χ3n) is 5.36. The average molecular weight is 431 g/mol. The minimum atomic E-state index is -0.634. The van der Waals surface area contributed by atoms with Gasteiger partial charge in [-0.3, -0.25) is 9.78 Å². The zero-order valence-electron chi connectivity index (χ0n) is 17.6. The van der Waals surface area contributed by atoms with Crippen LogP contribution in [0, 0.1) is 11.3 Å². The van der Waals surface area contributed by atoms with Gasteiger partial charge in [0.05, 0.1) is 18.2 Å². The molecule has 2 aromatic rings. The lowest BCUT2D eigenvalue weighted by Crippen LogP contribution is -2.26. The van der Waals surface area contributed by atoms with Crippen molar-refractivity contribution in [2.45, 2.75) is 40.0 Å². The second-order valence-electron chi connectivity index (χ2n) is 8.37. The SMILES string of the molecule is COC(=O)c1c(NC(=O)COC(=O)c2cccnc2)sc2c1CCC(C(C)(C)C)C2. The van der Waals surface area contributed by atoms with Gasteiger partial charge in [-0.2, -0.15) is 0 Å². The average Bonchev–Trinajstić information content (AvgIpc) is 3.08. The van der Waals surface area contributed by atoms with E-state index in [1.165, 1.54) is 24.6 Å². The molecule has 2 aromatic heterocycles. The van der Waals surface area contributed by atoms with Crippen LogP contribution in [0.2, 0.25) is 0 Å². The number of anilines is 1. The number of pyridine rings is 1. The van der Waals surface area contributed by atoms with Crippen LogP contribution in [0.5, 0.6) is 0 Å². The standard InChI is InChI=1S/C22H26N2O5S/c1-22(2,3)14-7-8-15-16(10-14)30-19(18(15)21(27)28-4)24-17(25)12-29-20(26)13-6-5-9-23-11-13/h5-6,9,11,14H,7-8,10,12H2,1-4H3,(H,24,25). The van der Waals surface area contributed by atoms with Gasteiger partial charge in [0.2, 0.25) is 0 Å². The van der Waals surface area contributed by atoms with Crippen molar-refractivity contribution >= 4 is 34.2 Å². The van der Waals surface area contributed by atoms with Crippen molar-refractivity contribution < 1.29 is 23.9 Å². The topological polar surface area (TPSA) is 94.6 Å². The number of amides is 1. The number of hydrogen-bond donors (Lipinski definition) is 1. The molecule has 1 N–H and O–H groups in total. The lowest BCUT2D eigenvalue weighted by molar-refractivity contribution is -0.119. The Kier molecular flexibility index (Phi) is 6.55. The van der Waals surface area contributed by atoms with Crippen molar-refractivity contribution in [3.05, 3.63) is 46.1 Å². The molecular formula is C22H26N2O5S. The molecule has 1 aliphatic rings. The Balaban J connectivity index is 1.73. The van der Waals surface area contributed by atoms with Crippen molar-refractivity contribution in [1.29, 1.82) is 0 Å². The molecule has 0 aliphatic heterocycles. The molecule has 1 amide bonds. The number of methoxy groups -OCH3 is 1. The number of thiophene rings is 1. The summed E-state index contributed by atoms with van der Waals surface area (Å²) in [5, 5.41) is 3.18. The molecule has 2 heterocycles. The van der Waals surface area contributed by atoms with Gasteiger partial charge in [-0.25, -0.2) is 9.59 Å². The van der Waals surface area contributed by atoms with Crippen molar-refractivity contribution in [3.8, 4) is 0 Å². The van der Waals surface area contributed by atoms with Crippen LogP contribution in [0.25, 0.3) is 0 Å². The molecule has 0 spiro atoms. The first kappa shape index (κ1) is 22.0. The number of rotatable bonds is 5. The lowest BCUT2D eigenvalue weighted by Gasteiger charge is -2.33. The van der Waals surface area contributed by atoms with E-state index in [0.717, 1.165) is 29.7 Å². The molecule has 1 aliphatic carbocycles. The quantitative estimate of drug-likeness (QED) is 0.724. The Morgan fingerprint density at radius 3 is 2.67 bits per heavy atom. The summed E-state index contributed by atoms with van der Waals surface area (Å²) < 4.78 is 10.0. The van der Waals surface area contributed by atoms with Gasteiger partial charge in [0.15, 0.2) is 6.61 Å². The molecule has 160 valence electrons. The molecule has 0 saturated carbocycles. The van der Waals surface area contributed by atoms with Crippen LogP contribution in [-0.2, 0) is 27.1 Å². The van der Waals surface area contributed by atoms with Crippen LogP contribution in [0.1, 0.15) is 58.3 Å². The van der Waals surface area contributed by atoms with Crippen LogP contribution in [0.4, 0.5) is 5.00 Å². The van der Waals surface area contributed by atoms with Crippen LogP contribution < -0.4 is 5.32 Å². The van der Waals surface area contributed by atoms with Gasteiger partial charge in [0.1, 0.15) is 5.00 Å². The fraction of sp³-hybridized carbons (Fsp3) is 0.455. The summed E-state index contributed by atoms with van der Waals surface area (Å²) in [5.74, 6) is -1.12. The molecule has 0 aromatic carbocycles. The molecule has 30 heavy (non-hydrogen) atoms. The van der Waals surface area contributed by atoms with Gasteiger partial charge in [0.25, 0.3) is 5.91 Å². The Morgan fingerprint density at radius 2 is 2.03 bits per heavy atom. The third kappa shape index (κ3) is 4.87. The van der Waals surface area contributed by atoms with Crippen LogP contribution >= 0.6 is 11.3 Å². The number of aromatic nitrogens is 1. The van der Waals surface area contributed by atoms with E-state index in [4.69, 9.17) is 9.47 Å². The molecule has 1 unspecified atom stereocenters. The summed E-state index contributed by atoms with van der Waals surface area (Å²) in [7, 11) is 1.33. The molecular weight excluding hydrogens is 404 g/mol. The normalized spacial score (nSPS) is 15.8. The van der Waals surface area contributed by atoms with E-state index in [9.17, 15) is 14.4 Å². The highest BCUT2D eigenvalue weighted by Crippen LogP contribution is 2.44. The summed E-state index contributed by atoms with van der Waals surface area (Å²) in [6, 6.07) is 3.17. The highest BCUT2D eigenvalue weighted by molar-refractivity contribution is 7.17. The van der Waals surface area contributed by atoms with Crippen molar-refractivity contribution in [3.63, 3.8) is 0 Å². The molecule has 7 nitrogen and oxygen atoms in total. The number of nitrogens with zero attached hydrogens (tertiary/aromatic N) is 1. The highest BCUT2D eigenvalue weighted by atomic mass is 32.1. The number of esters is 2. The number of carbonyl (C=O) groups is 3. The molecule has 0 fully saturated rings. The van der Waals surface area contributed by atoms with E-state index in [1.54, 1.807) is 18.3 Å². The first-order valence-corrected chi connectivity index (χ1v) is 10.6. The van der Waals surface area contributed by atoms with Crippen LogP contribution in [-0.4, -0.2) is 36.5 Å². The fourth-order valence-corrected chi connectivity index (χ4v) is 4.92. The second kappa shape index (κ2) is 8.95. The zero-order valence-corrected chi connectivity index (χ0v) is 18.4. The maximum Gasteiger partial charge on any atom is 0.341 e. The van der Waals surface area contributed by atoms with E-state index >= 15 is 0 Å². The molecule has 1 atom stereocenters. The molecule has 3 rings (SSSR count). The maximum atomic E-state index is 12.4. The smallest absolute Gasteiger partial charge is 0.341 e. The summed E-state index contributed by atoms with van der Waals surface area (Å²) in [6.07, 6.45) is 5.52. The number of fused-ring (bicyclic) bond motifs is 1. The summed E-state index contributed by atoms with van der Waals surface area (Å²) >= 11 is 1.40. The lowest BCUT2D eigenvalue weighted by atomic mass is 9.72. The molecule has 8 heteroatoms. The predicted octanol–water partition coefficient (Wildman–Crippen LogP) is 3.88. The van der Waals surface area contributed by atoms with Gasteiger partial charge in [-0.1, -0.05) is 20.8 Å². The van der Waals surface area contributed by atoms with E-state index in [2.05, 4.69) is 31.1 Å². The molecule has 0 bridgehead atoms. The number of carbonyl (C=O) groups excluding carboxylic acids is 3. The monoisotopic (exact) mass is 430 g/mol. The molecule has 0 radical (unpaired) electrons. The Bertz CT molecular complexity index is 946.